The predicted octanol–water partition coefficient (Wildman–Crippen LogP) is 2.43. The molecule has 140 valence electrons. The van der Waals surface area contributed by atoms with E-state index in [0.29, 0.717) is 26.2 Å². The topological polar surface area (TPSA) is 71.3 Å². The lowest BCUT2D eigenvalue weighted by Crippen LogP contribution is -2.49. The fourth-order valence-electron chi connectivity index (χ4n) is 3.06. The zero-order valence-corrected chi connectivity index (χ0v) is 16.0. The third-order valence-electron chi connectivity index (χ3n) is 4.52. The maximum atomic E-state index is 12.8. The van der Waals surface area contributed by atoms with Crippen LogP contribution in [0.5, 0.6) is 0 Å². The van der Waals surface area contributed by atoms with Crippen molar-refractivity contribution in [3.05, 3.63) is 65.9 Å². The maximum absolute atomic E-state index is 12.8. The van der Waals surface area contributed by atoms with Crippen molar-refractivity contribution in [1.82, 2.24) is 19.1 Å². The Labute approximate surface area is 162 Å². The standard InChI is InChI=1S/C18H18ClN5O2S/c19-15-5-1-2-6-16(15)27(25,26)24-13-11-23(12-14-24)18-8-7-17(20-21-18)22-9-3-4-10-22/h1-10H,11-14H2. The quantitative estimate of drug-likeness (QED) is 0.669. The normalized spacial score (nSPS) is 15.8. The van der Waals surface area contributed by atoms with Crippen molar-refractivity contribution in [2.24, 2.45) is 0 Å². The number of rotatable bonds is 4. The molecule has 0 unspecified atom stereocenters. The fraction of sp³-hybridized carbons (Fsp3) is 0.222. The number of hydrogen-bond acceptors (Lipinski definition) is 5. The van der Waals surface area contributed by atoms with Gasteiger partial charge in [-0.15, -0.1) is 10.2 Å². The second-order valence-corrected chi connectivity index (χ2v) is 8.48. The van der Waals surface area contributed by atoms with E-state index in [0.717, 1.165) is 11.6 Å². The molecule has 0 radical (unpaired) electrons. The van der Waals surface area contributed by atoms with Gasteiger partial charge in [-0.3, -0.25) is 0 Å². The lowest BCUT2D eigenvalue weighted by Gasteiger charge is -2.34. The van der Waals surface area contributed by atoms with Crippen LogP contribution in [0.2, 0.25) is 5.02 Å². The first-order valence-electron chi connectivity index (χ1n) is 8.52. The Morgan fingerprint density at radius 3 is 2.07 bits per heavy atom. The highest BCUT2D eigenvalue weighted by molar-refractivity contribution is 7.89. The lowest BCUT2D eigenvalue weighted by molar-refractivity contribution is 0.383. The molecule has 27 heavy (non-hydrogen) atoms. The van der Waals surface area contributed by atoms with E-state index in [1.54, 1.807) is 18.2 Å². The van der Waals surface area contributed by atoms with E-state index in [1.807, 2.05) is 46.1 Å². The lowest BCUT2D eigenvalue weighted by atomic mass is 10.3. The molecular weight excluding hydrogens is 386 g/mol. The van der Waals surface area contributed by atoms with Crippen LogP contribution in [0.25, 0.3) is 5.82 Å². The van der Waals surface area contributed by atoms with Crippen molar-refractivity contribution in [2.45, 2.75) is 4.90 Å². The van der Waals surface area contributed by atoms with Gasteiger partial charge in [0.05, 0.1) is 5.02 Å². The van der Waals surface area contributed by atoms with Crippen LogP contribution in [0.1, 0.15) is 0 Å². The van der Waals surface area contributed by atoms with Gasteiger partial charge in [0.2, 0.25) is 10.0 Å². The minimum atomic E-state index is -3.60. The van der Waals surface area contributed by atoms with Gasteiger partial charge in [-0.2, -0.15) is 4.31 Å². The Bertz CT molecular complexity index is 1010. The zero-order valence-electron chi connectivity index (χ0n) is 14.4. The van der Waals surface area contributed by atoms with Crippen LogP contribution in [0, 0.1) is 0 Å². The number of nitrogens with zero attached hydrogens (tertiary/aromatic N) is 5. The fourth-order valence-corrected chi connectivity index (χ4v) is 4.98. The van der Waals surface area contributed by atoms with Gasteiger partial charge in [0.15, 0.2) is 11.6 Å². The molecule has 0 saturated carbocycles. The first kappa shape index (κ1) is 18.0. The number of piperazine rings is 1. The average Bonchev–Trinajstić information content (AvgIpc) is 3.23. The summed E-state index contributed by atoms with van der Waals surface area (Å²) in [5, 5.41) is 8.77. The van der Waals surface area contributed by atoms with Gasteiger partial charge in [-0.1, -0.05) is 23.7 Å². The highest BCUT2D eigenvalue weighted by Gasteiger charge is 2.30. The Hall–Kier alpha value is -2.42. The summed E-state index contributed by atoms with van der Waals surface area (Å²) in [5.41, 5.74) is 0. The van der Waals surface area contributed by atoms with Crippen LogP contribution < -0.4 is 4.90 Å². The molecule has 9 heteroatoms. The first-order chi connectivity index (χ1) is 13.1. The molecular formula is C18H18ClN5O2S. The third-order valence-corrected chi connectivity index (χ3v) is 6.92. The van der Waals surface area contributed by atoms with Crippen LogP contribution in [-0.4, -0.2) is 53.7 Å². The molecule has 2 aromatic heterocycles. The summed E-state index contributed by atoms with van der Waals surface area (Å²) in [6, 6.07) is 14.2. The van der Waals surface area contributed by atoms with Crippen LogP contribution in [-0.2, 0) is 10.0 Å². The molecule has 1 fully saturated rings. The van der Waals surface area contributed by atoms with Crippen LogP contribution in [0.4, 0.5) is 5.82 Å². The highest BCUT2D eigenvalue weighted by Crippen LogP contribution is 2.25. The number of halogens is 1. The maximum Gasteiger partial charge on any atom is 0.244 e. The van der Waals surface area contributed by atoms with Gasteiger partial charge < -0.3 is 9.47 Å². The van der Waals surface area contributed by atoms with E-state index in [4.69, 9.17) is 11.6 Å². The summed E-state index contributed by atoms with van der Waals surface area (Å²) >= 11 is 6.07. The molecule has 0 atom stereocenters. The number of aromatic nitrogens is 3. The number of hydrogen-bond donors (Lipinski definition) is 0. The SMILES string of the molecule is O=S(=O)(c1ccccc1Cl)N1CCN(c2ccc(-n3cccc3)nn2)CC1. The van der Waals surface area contributed by atoms with Crippen LogP contribution >= 0.6 is 11.6 Å². The molecule has 1 saturated heterocycles. The monoisotopic (exact) mass is 403 g/mol. The number of anilines is 1. The number of sulfonamides is 1. The third kappa shape index (κ3) is 3.55. The summed E-state index contributed by atoms with van der Waals surface area (Å²) in [7, 11) is -3.60. The molecule has 0 amide bonds. The molecule has 4 rings (SSSR count). The molecule has 0 N–H and O–H groups in total. The molecule has 3 aromatic rings. The van der Waals surface area contributed by atoms with E-state index >= 15 is 0 Å². The van der Waals surface area contributed by atoms with Crippen molar-refractivity contribution >= 4 is 27.4 Å². The van der Waals surface area contributed by atoms with Gasteiger partial charge in [0.25, 0.3) is 0 Å². The molecule has 3 heterocycles. The second-order valence-electron chi connectivity index (χ2n) is 6.16. The number of benzene rings is 1. The molecule has 0 bridgehead atoms. The average molecular weight is 404 g/mol. The Kier molecular flexibility index (Phi) is 4.86. The van der Waals surface area contributed by atoms with E-state index in [1.165, 1.54) is 10.4 Å². The summed E-state index contributed by atoms with van der Waals surface area (Å²) in [6.45, 7) is 1.83. The molecule has 1 aliphatic rings. The van der Waals surface area contributed by atoms with Crippen molar-refractivity contribution in [1.29, 1.82) is 0 Å². The van der Waals surface area contributed by atoms with Crippen molar-refractivity contribution in [3.63, 3.8) is 0 Å². The largest absolute Gasteiger partial charge is 0.352 e. The van der Waals surface area contributed by atoms with E-state index < -0.39 is 10.0 Å². The van der Waals surface area contributed by atoms with Gasteiger partial charge in [0, 0.05) is 38.6 Å². The minimum absolute atomic E-state index is 0.149. The van der Waals surface area contributed by atoms with Crippen molar-refractivity contribution in [3.8, 4) is 5.82 Å². The molecule has 0 spiro atoms. The van der Waals surface area contributed by atoms with Gasteiger partial charge >= 0.3 is 0 Å². The summed E-state index contributed by atoms with van der Waals surface area (Å²) in [6.07, 6.45) is 3.81. The van der Waals surface area contributed by atoms with Crippen molar-refractivity contribution in [2.75, 3.05) is 31.1 Å². The van der Waals surface area contributed by atoms with Gasteiger partial charge in [-0.05, 0) is 36.4 Å². The molecule has 0 aliphatic carbocycles. The van der Waals surface area contributed by atoms with E-state index in [9.17, 15) is 8.42 Å². The smallest absolute Gasteiger partial charge is 0.244 e. The first-order valence-corrected chi connectivity index (χ1v) is 10.3. The second kappa shape index (κ2) is 7.30. The Morgan fingerprint density at radius 2 is 1.44 bits per heavy atom. The summed E-state index contributed by atoms with van der Waals surface area (Å²) in [5.74, 6) is 1.48. The van der Waals surface area contributed by atoms with E-state index in [-0.39, 0.29) is 9.92 Å². The molecule has 1 aliphatic heterocycles. The Morgan fingerprint density at radius 1 is 0.815 bits per heavy atom. The molecule has 7 nitrogen and oxygen atoms in total. The predicted molar refractivity (Wildman–Crippen MR) is 104 cm³/mol. The van der Waals surface area contributed by atoms with Crippen LogP contribution in [0.3, 0.4) is 0 Å². The summed E-state index contributed by atoms with van der Waals surface area (Å²) < 4.78 is 29.0. The highest BCUT2D eigenvalue weighted by atomic mass is 35.5. The molecule has 1 aromatic carbocycles. The van der Waals surface area contributed by atoms with Gasteiger partial charge in [0.1, 0.15) is 4.90 Å². The van der Waals surface area contributed by atoms with Gasteiger partial charge in [-0.25, -0.2) is 8.42 Å². The Balaban J connectivity index is 1.45. The van der Waals surface area contributed by atoms with Crippen LogP contribution in [0.15, 0.2) is 65.8 Å². The zero-order chi connectivity index (χ0) is 18.9. The van der Waals surface area contributed by atoms with E-state index in [2.05, 4.69) is 10.2 Å². The minimum Gasteiger partial charge on any atom is -0.352 e. The van der Waals surface area contributed by atoms with Crippen molar-refractivity contribution < 1.29 is 8.42 Å². The summed E-state index contributed by atoms with van der Waals surface area (Å²) in [4.78, 5) is 2.18.